The zero-order chi connectivity index (χ0) is 8.55. The smallest absolute Gasteiger partial charge is 0.171 e. The molecule has 0 saturated carbocycles. The van der Waals surface area contributed by atoms with E-state index in [0.717, 1.165) is 16.7 Å². The molecule has 4 heteroatoms. The highest BCUT2D eigenvalue weighted by Gasteiger charge is 2.10. The van der Waals surface area contributed by atoms with Gasteiger partial charge in [0.25, 0.3) is 0 Å². The molecule has 0 saturated heterocycles. The summed E-state index contributed by atoms with van der Waals surface area (Å²) in [6.07, 6.45) is 0. The largest absolute Gasteiger partial charge is 0.358 e. The molecule has 1 aliphatic heterocycles. The molecular weight excluding hydrogens is 236 g/mol. The van der Waals surface area contributed by atoms with Gasteiger partial charge in [-0.2, -0.15) is 0 Å². The number of fused-ring (bicyclic) bond motifs is 1. The first-order chi connectivity index (χ1) is 5.75. The molecule has 0 radical (unpaired) electrons. The second kappa shape index (κ2) is 3.03. The number of hydrogen-bond acceptors (Lipinski definition) is 1. The van der Waals surface area contributed by atoms with E-state index in [4.69, 9.17) is 12.2 Å². The van der Waals surface area contributed by atoms with Crippen LogP contribution in [0.5, 0.6) is 0 Å². The van der Waals surface area contributed by atoms with Gasteiger partial charge in [0.2, 0.25) is 0 Å². The lowest BCUT2D eigenvalue weighted by Crippen LogP contribution is -2.32. The number of anilines is 1. The quantitative estimate of drug-likeness (QED) is 0.683. The third kappa shape index (κ3) is 1.44. The first kappa shape index (κ1) is 8.01. The van der Waals surface area contributed by atoms with Crippen molar-refractivity contribution in [2.75, 3.05) is 5.32 Å². The van der Waals surface area contributed by atoms with Crippen molar-refractivity contribution in [3.63, 3.8) is 0 Å². The Balaban J connectivity index is 2.44. The van der Waals surface area contributed by atoms with Gasteiger partial charge in [-0.1, -0.05) is 22.0 Å². The van der Waals surface area contributed by atoms with Crippen LogP contribution in [0.2, 0.25) is 0 Å². The third-order valence-corrected chi connectivity index (χ3v) is 2.50. The lowest BCUT2D eigenvalue weighted by Gasteiger charge is -2.20. The Morgan fingerprint density at radius 1 is 1.42 bits per heavy atom. The van der Waals surface area contributed by atoms with Gasteiger partial charge in [-0.3, -0.25) is 0 Å². The van der Waals surface area contributed by atoms with Crippen LogP contribution in [0.25, 0.3) is 0 Å². The Morgan fingerprint density at radius 2 is 2.25 bits per heavy atom. The molecule has 0 atom stereocenters. The van der Waals surface area contributed by atoms with Crippen LogP contribution in [0.3, 0.4) is 0 Å². The van der Waals surface area contributed by atoms with E-state index in [1.165, 1.54) is 5.56 Å². The minimum atomic E-state index is 0.695. The minimum Gasteiger partial charge on any atom is -0.358 e. The van der Waals surface area contributed by atoms with Crippen molar-refractivity contribution < 1.29 is 0 Å². The zero-order valence-corrected chi connectivity index (χ0v) is 8.63. The summed E-state index contributed by atoms with van der Waals surface area (Å²) in [6, 6.07) is 6.13. The molecule has 0 spiro atoms. The summed E-state index contributed by atoms with van der Waals surface area (Å²) < 4.78 is 1.07. The van der Waals surface area contributed by atoms with Gasteiger partial charge in [-0.05, 0) is 29.9 Å². The fourth-order valence-corrected chi connectivity index (χ4v) is 1.70. The lowest BCUT2D eigenvalue weighted by atomic mass is 10.1. The molecule has 1 aliphatic rings. The van der Waals surface area contributed by atoms with E-state index >= 15 is 0 Å². The normalized spacial score (nSPS) is 14.6. The molecule has 2 rings (SSSR count). The van der Waals surface area contributed by atoms with Crippen LogP contribution < -0.4 is 10.6 Å². The average molecular weight is 243 g/mol. The number of benzene rings is 1. The number of halogens is 1. The Morgan fingerprint density at radius 3 is 3.08 bits per heavy atom. The van der Waals surface area contributed by atoms with E-state index in [-0.39, 0.29) is 0 Å². The number of rotatable bonds is 0. The van der Waals surface area contributed by atoms with Crippen LogP contribution in [-0.2, 0) is 6.54 Å². The van der Waals surface area contributed by atoms with Crippen LogP contribution in [0, 0.1) is 0 Å². The monoisotopic (exact) mass is 242 g/mol. The maximum Gasteiger partial charge on any atom is 0.171 e. The summed E-state index contributed by atoms with van der Waals surface area (Å²) in [6.45, 7) is 0.814. The predicted molar refractivity (Wildman–Crippen MR) is 57.2 cm³/mol. The van der Waals surface area contributed by atoms with E-state index in [9.17, 15) is 0 Å². The minimum absolute atomic E-state index is 0.695. The molecule has 2 nitrogen and oxygen atoms in total. The van der Waals surface area contributed by atoms with Gasteiger partial charge in [0, 0.05) is 16.7 Å². The summed E-state index contributed by atoms with van der Waals surface area (Å²) in [5.74, 6) is 0. The first-order valence-electron chi connectivity index (χ1n) is 3.59. The second-order valence-electron chi connectivity index (χ2n) is 2.61. The van der Waals surface area contributed by atoms with Crippen LogP contribution in [0.15, 0.2) is 22.7 Å². The van der Waals surface area contributed by atoms with Gasteiger partial charge in [0.15, 0.2) is 5.11 Å². The maximum atomic E-state index is 4.99. The first-order valence-corrected chi connectivity index (χ1v) is 4.79. The van der Waals surface area contributed by atoms with Gasteiger partial charge in [0.05, 0.1) is 0 Å². The van der Waals surface area contributed by atoms with Gasteiger partial charge in [-0.25, -0.2) is 0 Å². The molecule has 0 aliphatic carbocycles. The summed E-state index contributed by atoms with van der Waals surface area (Å²) >= 11 is 8.39. The Bertz CT molecular complexity index is 338. The van der Waals surface area contributed by atoms with Crippen LogP contribution in [0.4, 0.5) is 5.69 Å². The Kier molecular flexibility index (Phi) is 2.02. The highest BCUT2D eigenvalue weighted by molar-refractivity contribution is 9.10. The van der Waals surface area contributed by atoms with Gasteiger partial charge >= 0.3 is 0 Å². The average Bonchev–Trinajstić information content (AvgIpc) is 2.03. The summed E-state index contributed by atoms with van der Waals surface area (Å²) in [5, 5.41) is 6.85. The molecule has 0 amide bonds. The van der Waals surface area contributed by atoms with Crippen LogP contribution >= 0.6 is 28.1 Å². The lowest BCUT2D eigenvalue weighted by molar-refractivity contribution is 0.908. The predicted octanol–water partition coefficient (Wildman–Crippen LogP) is 2.25. The number of thiocarbonyl (C=S) groups is 1. The van der Waals surface area contributed by atoms with Gasteiger partial charge in [0.1, 0.15) is 0 Å². The summed E-state index contributed by atoms with van der Waals surface area (Å²) in [4.78, 5) is 0. The topological polar surface area (TPSA) is 24.1 Å². The molecule has 1 aromatic carbocycles. The second-order valence-corrected chi connectivity index (χ2v) is 3.93. The van der Waals surface area contributed by atoms with E-state index in [0.29, 0.717) is 5.11 Å². The summed E-state index contributed by atoms with van der Waals surface area (Å²) in [5.41, 5.74) is 2.33. The van der Waals surface area contributed by atoms with E-state index in [1.807, 2.05) is 12.1 Å². The molecule has 0 unspecified atom stereocenters. The van der Waals surface area contributed by atoms with Crippen molar-refractivity contribution in [2.45, 2.75) is 6.54 Å². The molecule has 0 fully saturated rings. The SMILES string of the molecule is S=C1NCc2ccc(Br)cc2N1. The van der Waals surface area contributed by atoms with Crippen LogP contribution in [0.1, 0.15) is 5.56 Å². The zero-order valence-electron chi connectivity index (χ0n) is 6.23. The van der Waals surface area contributed by atoms with Gasteiger partial charge < -0.3 is 10.6 Å². The highest BCUT2D eigenvalue weighted by atomic mass is 79.9. The van der Waals surface area contributed by atoms with Crippen molar-refractivity contribution >= 4 is 38.9 Å². The van der Waals surface area contributed by atoms with Crippen molar-refractivity contribution in [2.24, 2.45) is 0 Å². The van der Waals surface area contributed by atoms with Crippen molar-refractivity contribution in [3.8, 4) is 0 Å². The molecule has 62 valence electrons. The standard InChI is InChI=1S/C8H7BrN2S/c9-6-2-1-5-4-10-8(12)11-7(5)3-6/h1-3H,4H2,(H2,10,11,12). The molecule has 1 heterocycles. The number of hydrogen-bond donors (Lipinski definition) is 2. The Hall–Kier alpha value is -0.610. The third-order valence-electron chi connectivity index (χ3n) is 1.76. The van der Waals surface area contributed by atoms with Crippen LogP contribution in [-0.4, -0.2) is 5.11 Å². The highest BCUT2D eigenvalue weighted by Crippen LogP contribution is 2.23. The fourth-order valence-electron chi connectivity index (χ4n) is 1.16. The maximum absolute atomic E-state index is 4.99. The molecule has 2 N–H and O–H groups in total. The fraction of sp³-hybridized carbons (Fsp3) is 0.125. The van der Waals surface area contributed by atoms with Gasteiger partial charge in [-0.15, -0.1) is 0 Å². The van der Waals surface area contributed by atoms with Crippen molar-refractivity contribution in [3.05, 3.63) is 28.2 Å². The van der Waals surface area contributed by atoms with Crippen molar-refractivity contribution in [1.82, 2.24) is 5.32 Å². The van der Waals surface area contributed by atoms with Crippen molar-refractivity contribution in [1.29, 1.82) is 0 Å². The molecule has 0 aromatic heterocycles. The van der Waals surface area contributed by atoms with E-state index in [2.05, 4.69) is 32.6 Å². The molecule has 1 aromatic rings. The Labute approximate surface area is 84.5 Å². The summed E-state index contributed by atoms with van der Waals surface area (Å²) in [7, 11) is 0. The molecule has 12 heavy (non-hydrogen) atoms. The molecular formula is C8H7BrN2S. The van der Waals surface area contributed by atoms with E-state index < -0.39 is 0 Å². The van der Waals surface area contributed by atoms with E-state index in [1.54, 1.807) is 0 Å². The number of nitrogens with one attached hydrogen (secondary N) is 2. The molecule has 0 bridgehead atoms.